The number of para-hydroxylation sites is 1. The van der Waals surface area contributed by atoms with E-state index >= 15 is 0 Å². The standard InChI is InChI=1S/C17H23N3O3S/c1-3-18-17(23)12(2)19-15(21)8-9-16(22)20-10-11-24-14-7-5-4-6-13(14)20/h4-7,12H,3,8-11H2,1-2H3,(H,18,23)(H,19,21)/t12-/m0/s1. The Bertz CT molecular complexity index is 621. The molecule has 1 aliphatic heterocycles. The van der Waals surface area contributed by atoms with Gasteiger partial charge in [-0.05, 0) is 26.0 Å². The molecule has 0 spiro atoms. The minimum absolute atomic E-state index is 0.0661. The smallest absolute Gasteiger partial charge is 0.242 e. The van der Waals surface area contributed by atoms with Crippen molar-refractivity contribution < 1.29 is 14.4 Å². The fraction of sp³-hybridized carbons (Fsp3) is 0.471. The molecule has 1 aromatic rings. The Hall–Kier alpha value is -2.02. The second-order valence-corrected chi connectivity index (χ2v) is 6.68. The molecule has 0 unspecified atom stereocenters. The molecule has 6 nitrogen and oxygen atoms in total. The molecule has 1 aliphatic rings. The lowest BCUT2D eigenvalue weighted by molar-refractivity contribution is -0.129. The van der Waals surface area contributed by atoms with E-state index < -0.39 is 6.04 Å². The summed E-state index contributed by atoms with van der Waals surface area (Å²) in [5.74, 6) is 0.271. The molecular weight excluding hydrogens is 326 g/mol. The molecule has 1 aromatic carbocycles. The maximum Gasteiger partial charge on any atom is 0.242 e. The molecule has 0 bridgehead atoms. The number of fused-ring (bicyclic) bond motifs is 1. The number of amides is 3. The fourth-order valence-electron chi connectivity index (χ4n) is 2.49. The normalized spacial score (nSPS) is 14.5. The number of benzene rings is 1. The van der Waals surface area contributed by atoms with Crippen molar-refractivity contribution in [1.29, 1.82) is 0 Å². The van der Waals surface area contributed by atoms with Crippen molar-refractivity contribution in [1.82, 2.24) is 10.6 Å². The molecule has 0 saturated heterocycles. The predicted molar refractivity (Wildman–Crippen MR) is 95.0 cm³/mol. The highest BCUT2D eigenvalue weighted by Crippen LogP contribution is 2.34. The van der Waals surface area contributed by atoms with Gasteiger partial charge >= 0.3 is 0 Å². The van der Waals surface area contributed by atoms with Gasteiger partial charge in [0, 0.05) is 36.6 Å². The van der Waals surface area contributed by atoms with Gasteiger partial charge in [0.1, 0.15) is 6.04 Å². The number of hydrogen-bond donors (Lipinski definition) is 2. The molecule has 0 aliphatic carbocycles. The van der Waals surface area contributed by atoms with Gasteiger partial charge in [0.15, 0.2) is 0 Å². The summed E-state index contributed by atoms with van der Waals surface area (Å²) >= 11 is 1.73. The van der Waals surface area contributed by atoms with E-state index in [2.05, 4.69) is 10.6 Å². The molecule has 24 heavy (non-hydrogen) atoms. The number of nitrogens with one attached hydrogen (secondary N) is 2. The van der Waals surface area contributed by atoms with Crippen LogP contribution in [0.2, 0.25) is 0 Å². The summed E-state index contributed by atoms with van der Waals surface area (Å²) in [6, 6.07) is 7.19. The van der Waals surface area contributed by atoms with Crippen molar-refractivity contribution in [2.45, 2.75) is 37.6 Å². The average Bonchev–Trinajstić information content (AvgIpc) is 2.59. The quantitative estimate of drug-likeness (QED) is 0.817. The van der Waals surface area contributed by atoms with E-state index in [1.54, 1.807) is 23.6 Å². The third kappa shape index (κ3) is 4.74. The van der Waals surface area contributed by atoms with Crippen LogP contribution in [0.25, 0.3) is 0 Å². The number of likely N-dealkylation sites (N-methyl/N-ethyl adjacent to an activating group) is 1. The molecule has 0 fully saturated rings. The zero-order chi connectivity index (χ0) is 17.5. The molecular formula is C17H23N3O3S. The van der Waals surface area contributed by atoms with Gasteiger partial charge in [0.25, 0.3) is 0 Å². The summed E-state index contributed by atoms with van der Waals surface area (Å²) in [5.41, 5.74) is 0.912. The number of rotatable bonds is 6. The second-order valence-electron chi connectivity index (χ2n) is 5.55. The first-order chi connectivity index (χ1) is 11.5. The van der Waals surface area contributed by atoms with Crippen LogP contribution in [-0.4, -0.2) is 42.6 Å². The van der Waals surface area contributed by atoms with E-state index in [9.17, 15) is 14.4 Å². The van der Waals surface area contributed by atoms with Crippen LogP contribution in [0, 0.1) is 0 Å². The number of anilines is 1. The molecule has 2 N–H and O–H groups in total. The minimum Gasteiger partial charge on any atom is -0.355 e. The highest BCUT2D eigenvalue weighted by molar-refractivity contribution is 7.99. The zero-order valence-corrected chi connectivity index (χ0v) is 14.8. The lowest BCUT2D eigenvalue weighted by Crippen LogP contribution is -2.45. The Labute approximate surface area is 146 Å². The highest BCUT2D eigenvalue weighted by Gasteiger charge is 2.23. The number of thioether (sulfide) groups is 1. The molecule has 2 rings (SSSR count). The van der Waals surface area contributed by atoms with Gasteiger partial charge in [-0.25, -0.2) is 0 Å². The van der Waals surface area contributed by atoms with Gasteiger partial charge in [-0.3, -0.25) is 14.4 Å². The molecule has 7 heteroatoms. The first-order valence-electron chi connectivity index (χ1n) is 8.12. The van der Waals surface area contributed by atoms with E-state index in [0.717, 1.165) is 16.3 Å². The van der Waals surface area contributed by atoms with Crippen molar-refractivity contribution in [3.63, 3.8) is 0 Å². The maximum absolute atomic E-state index is 12.4. The zero-order valence-electron chi connectivity index (χ0n) is 14.0. The molecule has 1 atom stereocenters. The van der Waals surface area contributed by atoms with Crippen molar-refractivity contribution in [3.8, 4) is 0 Å². The third-order valence-corrected chi connectivity index (χ3v) is 4.76. The Morgan fingerprint density at radius 2 is 2.00 bits per heavy atom. The Balaban J connectivity index is 1.85. The Morgan fingerprint density at radius 3 is 2.75 bits per heavy atom. The van der Waals surface area contributed by atoms with Crippen molar-refractivity contribution in [2.24, 2.45) is 0 Å². The number of carbonyl (C=O) groups excluding carboxylic acids is 3. The van der Waals surface area contributed by atoms with Crippen LogP contribution >= 0.6 is 11.8 Å². The molecule has 3 amide bonds. The van der Waals surface area contributed by atoms with Crippen LogP contribution in [-0.2, 0) is 14.4 Å². The molecule has 1 heterocycles. The largest absolute Gasteiger partial charge is 0.355 e. The third-order valence-electron chi connectivity index (χ3n) is 3.72. The van der Waals surface area contributed by atoms with Crippen molar-refractivity contribution in [2.75, 3.05) is 23.7 Å². The van der Waals surface area contributed by atoms with Gasteiger partial charge < -0.3 is 15.5 Å². The summed E-state index contributed by atoms with van der Waals surface area (Å²) < 4.78 is 0. The van der Waals surface area contributed by atoms with Gasteiger partial charge in [0.05, 0.1) is 5.69 Å². The highest BCUT2D eigenvalue weighted by atomic mass is 32.2. The Morgan fingerprint density at radius 1 is 1.25 bits per heavy atom. The average molecular weight is 349 g/mol. The van der Waals surface area contributed by atoms with Crippen LogP contribution in [0.4, 0.5) is 5.69 Å². The minimum atomic E-state index is -0.598. The van der Waals surface area contributed by atoms with E-state index in [1.165, 1.54) is 0 Å². The predicted octanol–water partition coefficient (Wildman–Crippen LogP) is 1.55. The van der Waals surface area contributed by atoms with Crippen LogP contribution in [0.3, 0.4) is 0 Å². The number of carbonyl (C=O) groups is 3. The van der Waals surface area contributed by atoms with Crippen LogP contribution < -0.4 is 15.5 Å². The summed E-state index contributed by atoms with van der Waals surface area (Å²) in [6.07, 6.45) is 0.210. The number of nitrogens with zero attached hydrogens (tertiary/aromatic N) is 1. The summed E-state index contributed by atoms with van der Waals surface area (Å²) in [7, 11) is 0. The van der Waals surface area contributed by atoms with E-state index in [-0.39, 0.29) is 30.6 Å². The second kappa shape index (κ2) is 8.73. The molecule has 0 radical (unpaired) electrons. The Kier molecular flexibility index (Phi) is 6.66. The first kappa shape index (κ1) is 18.3. The van der Waals surface area contributed by atoms with E-state index in [0.29, 0.717) is 13.1 Å². The maximum atomic E-state index is 12.4. The summed E-state index contributed by atoms with van der Waals surface area (Å²) in [5, 5.41) is 5.26. The lowest BCUT2D eigenvalue weighted by Gasteiger charge is -2.29. The van der Waals surface area contributed by atoms with Crippen LogP contribution in [0.1, 0.15) is 26.7 Å². The summed E-state index contributed by atoms with van der Waals surface area (Å²) in [4.78, 5) is 38.8. The van der Waals surface area contributed by atoms with Crippen molar-refractivity contribution in [3.05, 3.63) is 24.3 Å². The van der Waals surface area contributed by atoms with Gasteiger partial charge in [0.2, 0.25) is 17.7 Å². The van der Waals surface area contributed by atoms with Gasteiger partial charge in [-0.1, -0.05) is 12.1 Å². The topological polar surface area (TPSA) is 78.5 Å². The summed E-state index contributed by atoms with van der Waals surface area (Å²) in [6.45, 7) is 4.62. The molecule has 0 aromatic heterocycles. The monoisotopic (exact) mass is 349 g/mol. The first-order valence-corrected chi connectivity index (χ1v) is 9.10. The van der Waals surface area contributed by atoms with Crippen molar-refractivity contribution >= 4 is 35.2 Å². The van der Waals surface area contributed by atoms with Crippen LogP contribution in [0.15, 0.2) is 29.2 Å². The van der Waals surface area contributed by atoms with Gasteiger partial charge in [-0.2, -0.15) is 0 Å². The molecule has 0 saturated carbocycles. The van der Waals surface area contributed by atoms with E-state index in [4.69, 9.17) is 0 Å². The van der Waals surface area contributed by atoms with E-state index in [1.807, 2.05) is 31.2 Å². The SMILES string of the molecule is CCNC(=O)[C@H](C)NC(=O)CCC(=O)N1CCSc2ccccc21. The fourth-order valence-corrected chi connectivity index (χ4v) is 3.49. The number of hydrogen-bond acceptors (Lipinski definition) is 4. The lowest BCUT2D eigenvalue weighted by atomic mass is 10.2. The molecule has 130 valence electrons. The van der Waals surface area contributed by atoms with Crippen LogP contribution in [0.5, 0.6) is 0 Å². The van der Waals surface area contributed by atoms with Gasteiger partial charge in [-0.15, -0.1) is 11.8 Å².